The van der Waals surface area contributed by atoms with E-state index in [4.69, 9.17) is 4.74 Å². The summed E-state index contributed by atoms with van der Waals surface area (Å²) in [5.74, 6) is 1.55. The van der Waals surface area contributed by atoms with Gasteiger partial charge in [0.05, 0.1) is 25.3 Å². The lowest BCUT2D eigenvalue weighted by molar-refractivity contribution is 0.396. The zero-order valence-electron chi connectivity index (χ0n) is 13.5. The van der Waals surface area contributed by atoms with Gasteiger partial charge in [-0.1, -0.05) is 0 Å². The standard InChI is InChI=1S/C15H17N7O2/c1-9-7-22(8-18-9)10-4-5-12(19-14(10)24-3)20-15-17-6-11(23)13(16-2)21-15/h4-8,23H,1-3H3,(H2,16,17,19,20,21). The van der Waals surface area contributed by atoms with Crippen molar-refractivity contribution < 1.29 is 9.84 Å². The number of nitrogens with zero attached hydrogens (tertiary/aromatic N) is 5. The topological polar surface area (TPSA) is 110 Å². The molecule has 3 heterocycles. The van der Waals surface area contributed by atoms with Gasteiger partial charge < -0.3 is 25.0 Å². The third kappa shape index (κ3) is 3.05. The van der Waals surface area contributed by atoms with Gasteiger partial charge in [0, 0.05) is 13.2 Å². The Kier molecular flexibility index (Phi) is 4.15. The van der Waals surface area contributed by atoms with Crippen LogP contribution in [0.4, 0.5) is 17.6 Å². The number of aromatic nitrogens is 5. The minimum absolute atomic E-state index is 0.0283. The summed E-state index contributed by atoms with van der Waals surface area (Å²) in [6.45, 7) is 1.91. The second kappa shape index (κ2) is 6.41. The second-order valence-electron chi connectivity index (χ2n) is 4.95. The van der Waals surface area contributed by atoms with E-state index in [9.17, 15) is 5.11 Å². The molecular weight excluding hydrogens is 310 g/mol. The summed E-state index contributed by atoms with van der Waals surface area (Å²) in [7, 11) is 3.21. The molecule has 9 heteroatoms. The molecule has 0 bridgehead atoms. The summed E-state index contributed by atoms with van der Waals surface area (Å²) in [5.41, 5.74) is 1.67. The monoisotopic (exact) mass is 327 g/mol. The number of ether oxygens (including phenoxy) is 1. The van der Waals surface area contributed by atoms with Crippen LogP contribution in [0.25, 0.3) is 5.69 Å². The van der Waals surface area contributed by atoms with Crippen LogP contribution in [-0.2, 0) is 0 Å². The summed E-state index contributed by atoms with van der Waals surface area (Å²) >= 11 is 0. The minimum atomic E-state index is -0.0283. The Balaban J connectivity index is 1.90. The van der Waals surface area contributed by atoms with Crippen LogP contribution in [0, 0.1) is 6.92 Å². The van der Waals surface area contributed by atoms with E-state index in [2.05, 4.69) is 30.6 Å². The average Bonchev–Trinajstić information content (AvgIpc) is 3.02. The van der Waals surface area contributed by atoms with Crippen LogP contribution in [0.2, 0.25) is 0 Å². The SMILES string of the molecule is CNc1nc(Nc2ccc(-n3cnc(C)c3)c(OC)n2)ncc1O. The molecule has 0 fully saturated rings. The lowest BCUT2D eigenvalue weighted by Gasteiger charge is -2.11. The first-order valence-electron chi connectivity index (χ1n) is 7.17. The van der Waals surface area contributed by atoms with Crippen molar-refractivity contribution in [2.75, 3.05) is 24.8 Å². The van der Waals surface area contributed by atoms with E-state index in [0.717, 1.165) is 11.4 Å². The number of anilines is 3. The van der Waals surface area contributed by atoms with Crippen molar-refractivity contribution in [3.8, 4) is 17.3 Å². The van der Waals surface area contributed by atoms with Crippen LogP contribution in [0.15, 0.2) is 30.9 Å². The normalized spacial score (nSPS) is 10.5. The van der Waals surface area contributed by atoms with Gasteiger partial charge in [0.15, 0.2) is 11.6 Å². The van der Waals surface area contributed by atoms with E-state index < -0.39 is 0 Å². The first-order valence-corrected chi connectivity index (χ1v) is 7.17. The summed E-state index contributed by atoms with van der Waals surface area (Å²) in [5, 5.41) is 15.3. The molecule has 0 aliphatic carbocycles. The highest BCUT2D eigenvalue weighted by Crippen LogP contribution is 2.25. The summed E-state index contributed by atoms with van der Waals surface area (Å²) in [6, 6.07) is 3.64. The molecule has 3 rings (SSSR count). The van der Waals surface area contributed by atoms with Gasteiger partial charge in [-0.3, -0.25) is 0 Å². The molecule has 3 aromatic heterocycles. The highest BCUT2D eigenvalue weighted by Gasteiger charge is 2.11. The van der Waals surface area contributed by atoms with E-state index in [1.165, 1.54) is 6.20 Å². The number of methoxy groups -OCH3 is 1. The molecule has 124 valence electrons. The fraction of sp³-hybridized carbons (Fsp3) is 0.200. The van der Waals surface area contributed by atoms with Crippen molar-refractivity contribution in [3.63, 3.8) is 0 Å². The van der Waals surface area contributed by atoms with Crippen LogP contribution in [0.1, 0.15) is 5.69 Å². The van der Waals surface area contributed by atoms with E-state index >= 15 is 0 Å². The van der Waals surface area contributed by atoms with Gasteiger partial charge in [0.2, 0.25) is 11.8 Å². The molecule has 0 spiro atoms. The molecule has 0 unspecified atom stereocenters. The number of imidazole rings is 1. The highest BCUT2D eigenvalue weighted by molar-refractivity contribution is 5.57. The maximum absolute atomic E-state index is 9.59. The molecule has 0 aliphatic heterocycles. The second-order valence-corrected chi connectivity index (χ2v) is 4.95. The molecule has 24 heavy (non-hydrogen) atoms. The fourth-order valence-electron chi connectivity index (χ4n) is 2.14. The van der Waals surface area contributed by atoms with Gasteiger partial charge in [-0.25, -0.2) is 9.97 Å². The van der Waals surface area contributed by atoms with Crippen molar-refractivity contribution in [1.29, 1.82) is 0 Å². The van der Waals surface area contributed by atoms with Crippen LogP contribution >= 0.6 is 0 Å². The van der Waals surface area contributed by atoms with Crippen LogP contribution in [0.3, 0.4) is 0 Å². The number of hydrogen-bond acceptors (Lipinski definition) is 8. The number of pyridine rings is 1. The summed E-state index contributed by atoms with van der Waals surface area (Å²) in [6.07, 6.45) is 4.89. The smallest absolute Gasteiger partial charge is 0.240 e. The average molecular weight is 327 g/mol. The molecule has 0 amide bonds. The van der Waals surface area contributed by atoms with Crippen molar-refractivity contribution in [1.82, 2.24) is 24.5 Å². The van der Waals surface area contributed by atoms with Gasteiger partial charge in [-0.2, -0.15) is 9.97 Å². The zero-order valence-corrected chi connectivity index (χ0v) is 13.5. The molecular formula is C15H17N7O2. The third-order valence-electron chi connectivity index (χ3n) is 3.27. The first-order chi connectivity index (χ1) is 11.6. The molecule has 0 saturated carbocycles. The molecule has 3 aromatic rings. The third-order valence-corrected chi connectivity index (χ3v) is 3.27. The Morgan fingerprint density at radius 3 is 2.71 bits per heavy atom. The molecule has 0 saturated heterocycles. The van der Waals surface area contributed by atoms with E-state index in [1.54, 1.807) is 26.6 Å². The molecule has 0 radical (unpaired) electrons. The Hall–Kier alpha value is -3.36. The van der Waals surface area contributed by atoms with Gasteiger partial charge >= 0.3 is 0 Å². The number of hydrogen-bond donors (Lipinski definition) is 3. The maximum atomic E-state index is 9.59. The van der Waals surface area contributed by atoms with Gasteiger partial charge in [0.1, 0.15) is 11.5 Å². The minimum Gasteiger partial charge on any atom is -0.503 e. The first kappa shape index (κ1) is 15.5. The van der Waals surface area contributed by atoms with Crippen LogP contribution in [-0.4, -0.2) is 43.8 Å². The van der Waals surface area contributed by atoms with E-state index in [-0.39, 0.29) is 5.75 Å². The van der Waals surface area contributed by atoms with Crippen molar-refractivity contribution in [2.24, 2.45) is 0 Å². The number of nitrogens with one attached hydrogen (secondary N) is 2. The quantitative estimate of drug-likeness (QED) is 0.651. The predicted octanol–water partition coefficient (Wildman–Crippen LogP) is 1.87. The van der Waals surface area contributed by atoms with Crippen molar-refractivity contribution in [3.05, 3.63) is 36.5 Å². The van der Waals surface area contributed by atoms with E-state index in [0.29, 0.717) is 23.5 Å². The molecule has 3 N–H and O–H groups in total. The van der Waals surface area contributed by atoms with Crippen LogP contribution < -0.4 is 15.4 Å². The Bertz CT molecular complexity index is 863. The largest absolute Gasteiger partial charge is 0.503 e. The predicted molar refractivity (Wildman–Crippen MR) is 89.2 cm³/mol. The van der Waals surface area contributed by atoms with Gasteiger partial charge in [-0.15, -0.1) is 0 Å². The Morgan fingerprint density at radius 2 is 2.04 bits per heavy atom. The highest BCUT2D eigenvalue weighted by atomic mass is 16.5. The lowest BCUT2D eigenvalue weighted by Crippen LogP contribution is -2.04. The molecule has 0 aromatic carbocycles. The number of aryl methyl sites for hydroxylation is 1. The molecule has 0 atom stereocenters. The maximum Gasteiger partial charge on any atom is 0.240 e. The molecule has 9 nitrogen and oxygen atoms in total. The fourth-order valence-corrected chi connectivity index (χ4v) is 2.14. The summed E-state index contributed by atoms with van der Waals surface area (Å²) in [4.78, 5) is 16.8. The van der Waals surface area contributed by atoms with Crippen LogP contribution in [0.5, 0.6) is 11.6 Å². The Morgan fingerprint density at radius 1 is 1.21 bits per heavy atom. The lowest BCUT2D eigenvalue weighted by atomic mass is 10.3. The molecule has 0 aliphatic rings. The summed E-state index contributed by atoms with van der Waals surface area (Å²) < 4.78 is 7.19. The zero-order chi connectivity index (χ0) is 17.1. The van der Waals surface area contributed by atoms with Crippen molar-refractivity contribution in [2.45, 2.75) is 6.92 Å². The Labute approximate surface area is 138 Å². The number of rotatable bonds is 5. The van der Waals surface area contributed by atoms with E-state index in [1.807, 2.05) is 23.8 Å². The van der Waals surface area contributed by atoms with Gasteiger partial charge in [-0.05, 0) is 19.1 Å². The van der Waals surface area contributed by atoms with Crippen molar-refractivity contribution >= 4 is 17.6 Å². The number of aromatic hydroxyl groups is 1. The van der Waals surface area contributed by atoms with Gasteiger partial charge in [0.25, 0.3) is 0 Å².